The monoisotopic (exact) mass is 481 g/mol. The molecular formula is C22H19ClF3N3O4. The van der Waals surface area contributed by atoms with Crippen LogP contribution in [0.3, 0.4) is 0 Å². The average molecular weight is 482 g/mol. The lowest BCUT2D eigenvalue weighted by Crippen LogP contribution is -2.18. The molecule has 0 amide bonds. The molecule has 0 N–H and O–H groups in total. The fourth-order valence-electron chi connectivity index (χ4n) is 3.94. The SMILES string of the molecule is CCc1c(OC)cccc1[C@@H]1O[C@@H](OC(C)=O)c2nnc(C(F)(F)F)n2-c2ccc(Cl)cc21. The first-order valence-corrected chi connectivity index (χ1v) is 10.3. The number of carbonyl (C=O) groups excluding carboxylic acids is 1. The first-order valence-electron chi connectivity index (χ1n) is 9.96. The van der Waals surface area contributed by atoms with Crippen LogP contribution in [0.1, 0.15) is 54.6 Å². The average Bonchev–Trinajstić information content (AvgIpc) is 3.16. The van der Waals surface area contributed by atoms with Crippen molar-refractivity contribution in [3.8, 4) is 11.4 Å². The van der Waals surface area contributed by atoms with Crippen LogP contribution in [0.25, 0.3) is 5.69 Å². The Labute approximate surface area is 192 Å². The zero-order chi connectivity index (χ0) is 23.9. The van der Waals surface area contributed by atoms with Gasteiger partial charge in [0, 0.05) is 17.5 Å². The van der Waals surface area contributed by atoms with E-state index in [0.717, 1.165) is 17.1 Å². The summed E-state index contributed by atoms with van der Waals surface area (Å²) in [5.41, 5.74) is 1.85. The zero-order valence-corrected chi connectivity index (χ0v) is 18.6. The van der Waals surface area contributed by atoms with Gasteiger partial charge in [0.15, 0.2) is 0 Å². The molecule has 0 radical (unpaired) electrons. The number of aromatic nitrogens is 3. The summed E-state index contributed by atoms with van der Waals surface area (Å²) in [5.74, 6) is -1.76. The molecule has 4 rings (SSSR count). The number of fused-ring (bicyclic) bond motifs is 3. The second-order valence-electron chi connectivity index (χ2n) is 7.26. The molecule has 0 bridgehead atoms. The molecule has 11 heteroatoms. The lowest BCUT2D eigenvalue weighted by atomic mass is 9.93. The number of methoxy groups -OCH3 is 1. The number of benzene rings is 2. The minimum atomic E-state index is -4.83. The fourth-order valence-corrected chi connectivity index (χ4v) is 4.12. The first kappa shape index (κ1) is 23.1. The van der Waals surface area contributed by atoms with Gasteiger partial charge in [0.1, 0.15) is 11.9 Å². The van der Waals surface area contributed by atoms with Crippen LogP contribution in [0.15, 0.2) is 36.4 Å². The summed E-state index contributed by atoms with van der Waals surface area (Å²) >= 11 is 6.24. The van der Waals surface area contributed by atoms with Gasteiger partial charge in [-0.2, -0.15) is 13.2 Å². The maximum absolute atomic E-state index is 13.8. The third-order valence-electron chi connectivity index (χ3n) is 5.22. The number of esters is 1. The minimum absolute atomic E-state index is 0.108. The van der Waals surface area contributed by atoms with Crippen LogP contribution < -0.4 is 4.74 Å². The standard InChI is InChI=1S/C22H19ClF3N3O4/c1-4-13-14(6-5-7-17(13)31-3)18-15-10-12(23)8-9-16(15)29-19(20(33-18)32-11(2)30)27-28-21(29)22(24,25)26/h5-10,18,20H,4H2,1-3H3/t18-,20+/m0/s1. The van der Waals surface area contributed by atoms with Gasteiger partial charge < -0.3 is 14.2 Å². The van der Waals surface area contributed by atoms with E-state index in [-0.39, 0.29) is 16.5 Å². The minimum Gasteiger partial charge on any atom is -0.496 e. The summed E-state index contributed by atoms with van der Waals surface area (Å²) in [6, 6.07) is 9.70. The Balaban J connectivity index is 2.04. The molecule has 1 aliphatic rings. The van der Waals surface area contributed by atoms with Gasteiger partial charge in [-0.25, -0.2) is 0 Å². The molecule has 0 aliphatic carbocycles. The molecule has 1 aliphatic heterocycles. The number of halogens is 4. The summed E-state index contributed by atoms with van der Waals surface area (Å²) < 4.78 is 59.1. The maximum atomic E-state index is 13.8. The summed E-state index contributed by atoms with van der Waals surface area (Å²) in [5, 5.41) is 7.28. The highest BCUT2D eigenvalue weighted by Gasteiger charge is 2.44. The fraction of sp³-hybridized carbons (Fsp3) is 0.318. The van der Waals surface area contributed by atoms with E-state index in [1.807, 2.05) is 6.92 Å². The van der Waals surface area contributed by atoms with E-state index in [9.17, 15) is 18.0 Å². The quantitative estimate of drug-likeness (QED) is 0.477. The van der Waals surface area contributed by atoms with Gasteiger partial charge in [0.2, 0.25) is 11.6 Å². The van der Waals surface area contributed by atoms with E-state index in [0.29, 0.717) is 23.3 Å². The third kappa shape index (κ3) is 4.16. The largest absolute Gasteiger partial charge is 0.496 e. The van der Waals surface area contributed by atoms with Crippen molar-refractivity contribution < 1.29 is 32.2 Å². The Morgan fingerprint density at radius 2 is 1.97 bits per heavy atom. The van der Waals surface area contributed by atoms with Gasteiger partial charge in [-0.05, 0) is 41.8 Å². The summed E-state index contributed by atoms with van der Waals surface area (Å²) in [4.78, 5) is 11.8. The van der Waals surface area contributed by atoms with Crippen molar-refractivity contribution in [2.45, 2.75) is 38.8 Å². The Morgan fingerprint density at radius 3 is 2.61 bits per heavy atom. The Kier molecular flexibility index (Phi) is 6.06. The highest BCUT2D eigenvalue weighted by atomic mass is 35.5. The van der Waals surface area contributed by atoms with Crippen molar-refractivity contribution in [2.24, 2.45) is 0 Å². The zero-order valence-electron chi connectivity index (χ0n) is 17.8. The molecule has 0 unspecified atom stereocenters. The van der Waals surface area contributed by atoms with Crippen molar-refractivity contribution in [2.75, 3.05) is 7.11 Å². The molecule has 3 aromatic rings. The molecule has 2 aromatic carbocycles. The van der Waals surface area contributed by atoms with Gasteiger partial charge >= 0.3 is 12.1 Å². The second-order valence-corrected chi connectivity index (χ2v) is 7.69. The first-order chi connectivity index (χ1) is 15.7. The molecule has 33 heavy (non-hydrogen) atoms. The number of carbonyl (C=O) groups is 1. The van der Waals surface area contributed by atoms with E-state index >= 15 is 0 Å². The Morgan fingerprint density at radius 1 is 1.21 bits per heavy atom. The molecule has 0 fully saturated rings. The number of hydrogen-bond donors (Lipinski definition) is 0. The summed E-state index contributed by atoms with van der Waals surface area (Å²) in [6.45, 7) is 3.04. The van der Waals surface area contributed by atoms with Crippen LogP contribution in [0.2, 0.25) is 5.02 Å². The van der Waals surface area contributed by atoms with E-state index in [1.54, 1.807) is 18.2 Å². The highest BCUT2D eigenvalue weighted by Crippen LogP contribution is 2.45. The van der Waals surface area contributed by atoms with E-state index in [4.69, 9.17) is 25.8 Å². The Hall–Kier alpha value is -3.11. The van der Waals surface area contributed by atoms with Crippen LogP contribution in [-0.4, -0.2) is 27.8 Å². The second kappa shape index (κ2) is 8.68. The van der Waals surface area contributed by atoms with Gasteiger partial charge in [-0.1, -0.05) is 30.7 Å². The van der Waals surface area contributed by atoms with Crippen LogP contribution >= 0.6 is 11.6 Å². The maximum Gasteiger partial charge on any atom is 0.452 e. The van der Waals surface area contributed by atoms with Crippen molar-refractivity contribution >= 4 is 17.6 Å². The number of nitrogens with zero attached hydrogens (tertiary/aromatic N) is 3. The van der Waals surface area contributed by atoms with Crippen LogP contribution in [0.5, 0.6) is 5.75 Å². The molecule has 1 aromatic heterocycles. The van der Waals surface area contributed by atoms with E-state index in [2.05, 4.69) is 10.2 Å². The third-order valence-corrected chi connectivity index (χ3v) is 5.46. The molecule has 2 atom stereocenters. The molecule has 7 nitrogen and oxygen atoms in total. The number of alkyl halides is 3. The van der Waals surface area contributed by atoms with Crippen molar-refractivity contribution in [3.05, 3.63) is 69.8 Å². The van der Waals surface area contributed by atoms with Gasteiger partial charge in [-0.3, -0.25) is 9.36 Å². The molecule has 0 saturated heterocycles. The summed E-state index contributed by atoms with van der Waals surface area (Å²) in [6.07, 6.45) is -6.78. The summed E-state index contributed by atoms with van der Waals surface area (Å²) in [7, 11) is 1.52. The number of rotatable bonds is 4. The molecule has 2 heterocycles. The number of hydrogen-bond acceptors (Lipinski definition) is 6. The van der Waals surface area contributed by atoms with Gasteiger partial charge in [0.05, 0.1) is 12.8 Å². The lowest BCUT2D eigenvalue weighted by molar-refractivity contribution is -0.189. The molecular weight excluding hydrogens is 463 g/mol. The van der Waals surface area contributed by atoms with E-state index < -0.39 is 30.4 Å². The highest BCUT2D eigenvalue weighted by molar-refractivity contribution is 6.30. The van der Waals surface area contributed by atoms with Crippen molar-refractivity contribution in [1.29, 1.82) is 0 Å². The molecule has 0 saturated carbocycles. The van der Waals surface area contributed by atoms with Gasteiger partial charge in [-0.15, -0.1) is 10.2 Å². The molecule has 174 valence electrons. The van der Waals surface area contributed by atoms with Crippen LogP contribution in [0, 0.1) is 0 Å². The molecule has 0 spiro atoms. The smallest absolute Gasteiger partial charge is 0.452 e. The van der Waals surface area contributed by atoms with Crippen molar-refractivity contribution in [1.82, 2.24) is 14.8 Å². The van der Waals surface area contributed by atoms with Crippen LogP contribution in [-0.2, 0) is 26.9 Å². The predicted molar refractivity (Wildman–Crippen MR) is 111 cm³/mol. The van der Waals surface area contributed by atoms with Crippen LogP contribution in [0.4, 0.5) is 13.2 Å². The topological polar surface area (TPSA) is 75.5 Å². The van der Waals surface area contributed by atoms with E-state index in [1.165, 1.54) is 25.3 Å². The predicted octanol–water partition coefficient (Wildman–Crippen LogP) is 5.19. The lowest BCUT2D eigenvalue weighted by Gasteiger charge is -2.25. The van der Waals surface area contributed by atoms with Crippen molar-refractivity contribution in [3.63, 3.8) is 0 Å². The Bertz CT molecular complexity index is 1210. The number of ether oxygens (including phenoxy) is 3. The van der Waals surface area contributed by atoms with Gasteiger partial charge in [0.25, 0.3) is 6.29 Å². The normalized spacial score (nSPS) is 17.7.